The maximum atomic E-state index is 13.2. The van der Waals surface area contributed by atoms with Crippen molar-refractivity contribution in [3.63, 3.8) is 0 Å². The molecule has 114 valence electrons. The fraction of sp³-hybridized carbons (Fsp3) is 0.600. The van der Waals surface area contributed by atoms with Crippen molar-refractivity contribution < 1.29 is 18.0 Å². The number of rotatable bonds is 1. The lowest BCUT2D eigenvalue weighted by molar-refractivity contribution is -0.197. The Bertz CT molecular complexity index is 544. The zero-order valence-electron chi connectivity index (χ0n) is 11.6. The van der Waals surface area contributed by atoms with Gasteiger partial charge in [-0.25, -0.2) is 0 Å². The van der Waals surface area contributed by atoms with Crippen LogP contribution in [0.5, 0.6) is 0 Å². The average Bonchev–Trinajstić information content (AvgIpc) is 2.89. The molecule has 6 heteroatoms. The van der Waals surface area contributed by atoms with E-state index in [0.717, 1.165) is 11.3 Å². The van der Waals surface area contributed by atoms with Gasteiger partial charge in [-0.2, -0.15) is 13.2 Å². The number of amides is 1. The minimum atomic E-state index is -4.29. The van der Waals surface area contributed by atoms with Gasteiger partial charge in [0, 0.05) is 30.5 Å². The van der Waals surface area contributed by atoms with Gasteiger partial charge in [-0.1, -0.05) is 12.8 Å². The van der Waals surface area contributed by atoms with Gasteiger partial charge in [0.2, 0.25) is 5.91 Å². The Morgan fingerprint density at radius 3 is 2.81 bits per heavy atom. The first-order chi connectivity index (χ1) is 9.98. The molecular weight excluding hydrogens is 281 g/mol. The molecule has 1 saturated carbocycles. The van der Waals surface area contributed by atoms with E-state index in [-0.39, 0.29) is 12.3 Å². The fourth-order valence-electron chi connectivity index (χ4n) is 3.48. The summed E-state index contributed by atoms with van der Waals surface area (Å²) in [4.78, 5) is 18.1. The molecule has 1 fully saturated rings. The standard InChI is InChI=1S/C15H17F3N2O/c16-15(17,18)12-4-2-1-3-11(12)14(21)20-8-6-10-9-19-7-5-13(10)20/h5,7,9,11-12H,1-4,6,8H2/t11-,12-/m0/s1. The smallest absolute Gasteiger partial charge is 0.311 e. The van der Waals surface area contributed by atoms with Gasteiger partial charge < -0.3 is 4.90 Å². The highest BCUT2D eigenvalue weighted by Gasteiger charge is 2.49. The Labute approximate surface area is 121 Å². The zero-order chi connectivity index (χ0) is 15.0. The number of alkyl halides is 3. The summed E-state index contributed by atoms with van der Waals surface area (Å²) in [5, 5.41) is 0. The topological polar surface area (TPSA) is 33.2 Å². The first kappa shape index (κ1) is 14.4. The molecule has 2 aliphatic rings. The molecule has 0 unspecified atom stereocenters. The Morgan fingerprint density at radius 2 is 2.05 bits per heavy atom. The minimum Gasteiger partial charge on any atom is -0.311 e. The highest BCUT2D eigenvalue weighted by molar-refractivity contribution is 5.97. The van der Waals surface area contributed by atoms with E-state index in [1.165, 1.54) is 4.90 Å². The van der Waals surface area contributed by atoms with Crippen LogP contribution in [0.4, 0.5) is 18.9 Å². The van der Waals surface area contributed by atoms with E-state index >= 15 is 0 Å². The number of aromatic nitrogens is 1. The summed E-state index contributed by atoms with van der Waals surface area (Å²) in [5.74, 6) is -2.80. The van der Waals surface area contributed by atoms with E-state index in [1.807, 2.05) is 0 Å². The Morgan fingerprint density at radius 1 is 1.29 bits per heavy atom. The van der Waals surface area contributed by atoms with Crippen LogP contribution in [-0.2, 0) is 11.2 Å². The number of anilines is 1. The summed E-state index contributed by atoms with van der Waals surface area (Å²) in [6.07, 6.45) is 1.28. The van der Waals surface area contributed by atoms with Gasteiger partial charge in [-0.3, -0.25) is 9.78 Å². The first-order valence-corrected chi connectivity index (χ1v) is 7.29. The van der Waals surface area contributed by atoms with E-state index in [0.29, 0.717) is 32.2 Å². The summed E-state index contributed by atoms with van der Waals surface area (Å²) in [7, 11) is 0. The predicted molar refractivity (Wildman–Crippen MR) is 71.8 cm³/mol. The average molecular weight is 298 g/mol. The largest absolute Gasteiger partial charge is 0.392 e. The van der Waals surface area contributed by atoms with Crippen molar-refractivity contribution in [3.8, 4) is 0 Å². The minimum absolute atomic E-state index is 0.0664. The number of hydrogen-bond acceptors (Lipinski definition) is 2. The lowest BCUT2D eigenvalue weighted by Crippen LogP contribution is -2.44. The van der Waals surface area contributed by atoms with Gasteiger partial charge in [0.1, 0.15) is 0 Å². The van der Waals surface area contributed by atoms with Crippen LogP contribution >= 0.6 is 0 Å². The number of pyridine rings is 1. The summed E-state index contributed by atoms with van der Waals surface area (Å²) in [6.45, 7) is 0.459. The van der Waals surface area contributed by atoms with E-state index in [1.54, 1.807) is 18.5 Å². The SMILES string of the molecule is O=C([C@H]1CCCC[C@@H]1C(F)(F)F)N1CCc2cnccc21. The van der Waals surface area contributed by atoms with Crippen LogP contribution in [0.15, 0.2) is 18.5 Å². The van der Waals surface area contributed by atoms with Crippen LogP contribution in [0, 0.1) is 11.8 Å². The second-order valence-electron chi connectivity index (χ2n) is 5.78. The number of fused-ring (bicyclic) bond motifs is 1. The molecule has 3 nitrogen and oxygen atoms in total. The van der Waals surface area contributed by atoms with E-state index in [2.05, 4.69) is 4.98 Å². The van der Waals surface area contributed by atoms with E-state index in [9.17, 15) is 18.0 Å². The third-order valence-electron chi connectivity index (χ3n) is 4.54. The Kier molecular flexibility index (Phi) is 3.63. The quantitative estimate of drug-likeness (QED) is 0.796. The second-order valence-corrected chi connectivity index (χ2v) is 5.78. The van der Waals surface area contributed by atoms with Gasteiger partial charge in [-0.15, -0.1) is 0 Å². The van der Waals surface area contributed by atoms with E-state index < -0.39 is 18.0 Å². The van der Waals surface area contributed by atoms with Gasteiger partial charge in [0.25, 0.3) is 0 Å². The molecule has 1 aliphatic carbocycles. The predicted octanol–water partition coefficient (Wildman–Crippen LogP) is 3.34. The summed E-state index contributed by atoms with van der Waals surface area (Å²) < 4.78 is 39.5. The molecule has 3 rings (SSSR count). The molecule has 21 heavy (non-hydrogen) atoms. The Balaban J connectivity index is 1.84. The normalized spacial score (nSPS) is 25.8. The summed E-state index contributed by atoms with van der Waals surface area (Å²) >= 11 is 0. The molecule has 2 atom stereocenters. The first-order valence-electron chi connectivity index (χ1n) is 7.29. The molecular formula is C15H17F3N2O. The third kappa shape index (κ3) is 2.63. The van der Waals surface area contributed by atoms with Crippen LogP contribution in [-0.4, -0.2) is 23.6 Å². The molecule has 0 radical (unpaired) electrons. The number of nitrogens with zero attached hydrogens (tertiary/aromatic N) is 2. The number of carbonyl (C=O) groups excluding carboxylic acids is 1. The number of hydrogen-bond donors (Lipinski definition) is 0. The number of carbonyl (C=O) groups is 1. The van der Waals surface area contributed by atoms with Gasteiger partial charge in [0.15, 0.2) is 0 Å². The maximum Gasteiger partial charge on any atom is 0.392 e. The maximum absolute atomic E-state index is 13.2. The van der Waals surface area contributed by atoms with Gasteiger partial charge in [-0.05, 0) is 30.9 Å². The Hall–Kier alpha value is -1.59. The molecule has 1 aromatic rings. The van der Waals surface area contributed by atoms with Crippen molar-refractivity contribution >= 4 is 11.6 Å². The molecule has 0 N–H and O–H groups in total. The van der Waals surface area contributed by atoms with Crippen LogP contribution in [0.2, 0.25) is 0 Å². The molecule has 2 heterocycles. The van der Waals surface area contributed by atoms with Crippen molar-refractivity contribution in [1.29, 1.82) is 0 Å². The van der Waals surface area contributed by atoms with Crippen LogP contribution in [0.1, 0.15) is 31.2 Å². The summed E-state index contributed by atoms with van der Waals surface area (Å²) in [6, 6.07) is 1.71. The molecule has 0 aromatic carbocycles. The van der Waals surface area contributed by atoms with Crippen LogP contribution in [0.25, 0.3) is 0 Å². The number of halogens is 3. The molecule has 1 aliphatic heterocycles. The van der Waals surface area contributed by atoms with Crippen molar-refractivity contribution in [3.05, 3.63) is 24.0 Å². The second kappa shape index (κ2) is 5.31. The zero-order valence-corrected chi connectivity index (χ0v) is 11.6. The molecule has 1 aromatic heterocycles. The van der Waals surface area contributed by atoms with Crippen molar-refractivity contribution in [2.24, 2.45) is 11.8 Å². The monoisotopic (exact) mass is 298 g/mol. The van der Waals surface area contributed by atoms with Gasteiger partial charge in [0.05, 0.1) is 5.92 Å². The highest BCUT2D eigenvalue weighted by atomic mass is 19.4. The highest BCUT2D eigenvalue weighted by Crippen LogP contribution is 2.43. The van der Waals surface area contributed by atoms with E-state index in [4.69, 9.17) is 0 Å². The van der Waals surface area contributed by atoms with Crippen molar-refractivity contribution in [2.45, 2.75) is 38.3 Å². The molecule has 0 saturated heterocycles. The third-order valence-corrected chi connectivity index (χ3v) is 4.54. The molecule has 0 bridgehead atoms. The fourth-order valence-corrected chi connectivity index (χ4v) is 3.48. The van der Waals surface area contributed by atoms with Crippen LogP contribution in [0.3, 0.4) is 0 Å². The lowest BCUT2D eigenvalue weighted by Gasteiger charge is -2.34. The van der Waals surface area contributed by atoms with Crippen molar-refractivity contribution in [1.82, 2.24) is 4.98 Å². The lowest BCUT2D eigenvalue weighted by atomic mass is 9.78. The van der Waals surface area contributed by atoms with Gasteiger partial charge >= 0.3 is 6.18 Å². The van der Waals surface area contributed by atoms with Crippen LogP contribution < -0.4 is 4.90 Å². The molecule has 0 spiro atoms. The summed E-state index contributed by atoms with van der Waals surface area (Å²) in [5.41, 5.74) is 1.66. The molecule has 1 amide bonds. The van der Waals surface area contributed by atoms with Crippen molar-refractivity contribution in [2.75, 3.05) is 11.4 Å².